The van der Waals surface area contributed by atoms with Gasteiger partial charge in [-0.1, -0.05) is 19.8 Å². The smallest absolute Gasteiger partial charge is 0.305 e. The Bertz CT molecular complexity index is 406. The number of rotatable bonds is 8. The molecule has 19 heavy (non-hydrogen) atoms. The van der Waals surface area contributed by atoms with Crippen LogP contribution in [-0.2, 0) is 4.79 Å². The monoisotopic (exact) mass is 264 g/mol. The summed E-state index contributed by atoms with van der Waals surface area (Å²) in [7, 11) is 0. The summed E-state index contributed by atoms with van der Waals surface area (Å²) in [6, 6.07) is 3.40. The maximum absolute atomic E-state index is 12.2. The van der Waals surface area contributed by atoms with Crippen LogP contribution < -0.4 is 0 Å². The summed E-state index contributed by atoms with van der Waals surface area (Å²) >= 11 is 0. The average molecular weight is 264 g/mol. The maximum atomic E-state index is 12.2. The van der Waals surface area contributed by atoms with Gasteiger partial charge in [0, 0.05) is 25.5 Å². The average Bonchev–Trinajstić information content (AvgIpc) is 2.42. The Labute approximate surface area is 113 Å². The molecule has 1 aromatic rings. The molecule has 0 saturated heterocycles. The van der Waals surface area contributed by atoms with Crippen molar-refractivity contribution in [2.24, 2.45) is 0 Å². The number of hydrogen-bond donors (Lipinski definition) is 1. The quantitative estimate of drug-likeness (QED) is 0.731. The number of aliphatic carboxylic acids is 1. The van der Waals surface area contributed by atoms with Crippen LogP contribution in [0.1, 0.15) is 43.0 Å². The summed E-state index contributed by atoms with van der Waals surface area (Å²) in [4.78, 5) is 28.4. The predicted octanol–water partition coefficient (Wildman–Crippen LogP) is 2.19. The Balaban J connectivity index is 2.65. The third-order valence-corrected chi connectivity index (χ3v) is 2.82. The van der Waals surface area contributed by atoms with E-state index < -0.39 is 5.97 Å². The van der Waals surface area contributed by atoms with Gasteiger partial charge in [-0.2, -0.15) is 0 Å². The van der Waals surface area contributed by atoms with E-state index in [1.165, 1.54) is 6.20 Å². The highest BCUT2D eigenvalue weighted by atomic mass is 16.4. The maximum Gasteiger partial charge on any atom is 0.305 e. The largest absolute Gasteiger partial charge is 0.481 e. The normalized spacial score (nSPS) is 10.2. The standard InChI is InChI=1S/C14H20N2O3/c1-2-3-4-9-16(10-7-13(17)18)14(19)12-6-5-8-15-11-12/h5-6,8,11H,2-4,7,9-10H2,1H3,(H,17,18). The van der Waals surface area contributed by atoms with Crippen LogP contribution in [-0.4, -0.2) is 40.0 Å². The lowest BCUT2D eigenvalue weighted by molar-refractivity contribution is -0.137. The topological polar surface area (TPSA) is 70.5 Å². The van der Waals surface area contributed by atoms with Crippen LogP contribution in [0.4, 0.5) is 0 Å². The highest BCUT2D eigenvalue weighted by Crippen LogP contribution is 2.07. The second kappa shape index (κ2) is 8.24. The summed E-state index contributed by atoms with van der Waals surface area (Å²) in [6.45, 7) is 2.92. The minimum Gasteiger partial charge on any atom is -0.481 e. The number of unbranched alkanes of at least 4 members (excludes halogenated alkanes) is 2. The number of aromatic nitrogens is 1. The van der Waals surface area contributed by atoms with Crippen LogP contribution >= 0.6 is 0 Å². The highest BCUT2D eigenvalue weighted by Gasteiger charge is 2.16. The minimum absolute atomic E-state index is 0.0296. The van der Waals surface area contributed by atoms with Gasteiger partial charge in [-0.05, 0) is 18.6 Å². The second-order valence-electron chi connectivity index (χ2n) is 4.38. The van der Waals surface area contributed by atoms with Gasteiger partial charge in [0.1, 0.15) is 0 Å². The molecule has 0 atom stereocenters. The molecule has 0 aliphatic heterocycles. The molecule has 1 aromatic heterocycles. The van der Waals surface area contributed by atoms with Gasteiger partial charge in [0.05, 0.1) is 12.0 Å². The van der Waals surface area contributed by atoms with Gasteiger partial charge in [0.15, 0.2) is 0 Å². The van der Waals surface area contributed by atoms with Gasteiger partial charge in [0.25, 0.3) is 5.91 Å². The van der Waals surface area contributed by atoms with E-state index in [9.17, 15) is 9.59 Å². The van der Waals surface area contributed by atoms with Crippen molar-refractivity contribution in [2.45, 2.75) is 32.6 Å². The lowest BCUT2D eigenvalue weighted by Gasteiger charge is -2.21. The molecule has 0 aliphatic carbocycles. The zero-order valence-electron chi connectivity index (χ0n) is 11.2. The summed E-state index contributed by atoms with van der Waals surface area (Å²) in [5.74, 6) is -1.04. The van der Waals surface area contributed by atoms with Crippen molar-refractivity contribution in [1.82, 2.24) is 9.88 Å². The molecule has 5 heteroatoms. The molecule has 0 aromatic carbocycles. The molecule has 5 nitrogen and oxygen atoms in total. The molecule has 0 spiro atoms. The Morgan fingerprint density at radius 1 is 1.32 bits per heavy atom. The molecule has 1 amide bonds. The van der Waals surface area contributed by atoms with Crippen LogP contribution in [0.3, 0.4) is 0 Å². The number of carbonyl (C=O) groups is 2. The van der Waals surface area contributed by atoms with E-state index in [4.69, 9.17) is 5.11 Å². The lowest BCUT2D eigenvalue weighted by atomic mass is 10.2. The fourth-order valence-corrected chi connectivity index (χ4v) is 1.77. The Kier molecular flexibility index (Phi) is 6.57. The molecule has 1 heterocycles. The molecular formula is C14H20N2O3. The second-order valence-corrected chi connectivity index (χ2v) is 4.38. The first-order valence-corrected chi connectivity index (χ1v) is 6.56. The SMILES string of the molecule is CCCCCN(CCC(=O)O)C(=O)c1cccnc1. The minimum atomic E-state index is -0.889. The number of nitrogens with zero attached hydrogens (tertiary/aromatic N) is 2. The van der Waals surface area contributed by atoms with E-state index in [1.807, 2.05) is 0 Å². The number of carboxylic acid groups (broad SMARTS) is 1. The summed E-state index contributed by atoms with van der Waals surface area (Å²) in [5.41, 5.74) is 0.504. The van der Waals surface area contributed by atoms with Crippen LogP contribution in [0.5, 0.6) is 0 Å². The van der Waals surface area contributed by atoms with Crippen LogP contribution in [0, 0.1) is 0 Å². The van der Waals surface area contributed by atoms with Crippen molar-refractivity contribution in [3.05, 3.63) is 30.1 Å². The first kappa shape index (κ1) is 15.1. The molecule has 0 bridgehead atoms. The Morgan fingerprint density at radius 2 is 2.11 bits per heavy atom. The van der Waals surface area contributed by atoms with Crippen LogP contribution in [0.15, 0.2) is 24.5 Å². The number of carbonyl (C=O) groups excluding carboxylic acids is 1. The lowest BCUT2D eigenvalue weighted by Crippen LogP contribution is -2.34. The summed E-state index contributed by atoms with van der Waals surface area (Å²) in [5, 5.41) is 8.74. The molecule has 104 valence electrons. The fourth-order valence-electron chi connectivity index (χ4n) is 1.77. The van der Waals surface area contributed by atoms with Crippen molar-refractivity contribution in [3.63, 3.8) is 0 Å². The van der Waals surface area contributed by atoms with E-state index in [1.54, 1.807) is 23.2 Å². The zero-order valence-corrected chi connectivity index (χ0v) is 11.2. The van der Waals surface area contributed by atoms with Crippen LogP contribution in [0.25, 0.3) is 0 Å². The van der Waals surface area contributed by atoms with E-state index in [0.717, 1.165) is 19.3 Å². The molecule has 1 rings (SSSR count). The van der Waals surface area contributed by atoms with Gasteiger partial charge in [0.2, 0.25) is 0 Å². The van der Waals surface area contributed by atoms with E-state index in [-0.39, 0.29) is 18.9 Å². The van der Waals surface area contributed by atoms with Gasteiger partial charge in [-0.15, -0.1) is 0 Å². The van der Waals surface area contributed by atoms with E-state index in [2.05, 4.69) is 11.9 Å². The van der Waals surface area contributed by atoms with Gasteiger partial charge in [-0.3, -0.25) is 14.6 Å². The van der Waals surface area contributed by atoms with Crippen molar-refractivity contribution >= 4 is 11.9 Å². The molecule has 0 radical (unpaired) electrons. The number of carboxylic acids is 1. The molecule has 0 saturated carbocycles. The van der Waals surface area contributed by atoms with Crippen molar-refractivity contribution < 1.29 is 14.7 Å². The van der Waals surface area contributed by atoms with E-state index in [0.29, 0.717) is 12.1 Å². The zero-order chi connectivity index (χ0) is 14.1. The van der Waals surface area contributed by atoms with Crippen molar-refractivity contribution in [3.8, 4) is 0 Å². The van der Waals surface area contributed by atoms with Crippen molar-refractivity contribution in [2.75, 3.05) is 13.1 Å². The van der Waals surface area contributed by atoms with Gasteiger partial charge in [-0.25, -0.2) is 0 Å². The Hall–Kier alpha value is -1.91. The fraction of sp³-hybridized carbons (Fsp3) is 0.500. The molecule has 0 unspecified atom stereocenters. The summed E-state index contributed by atoms with van der Waals surface area (Å²) in [6.07, 6.45) is 6.07. The van der Waals surface area contributed by atoms with Gasteiger partial charge >= 0.3 is 5.97 Å². The first-order chi connectivity index (χ1) is 9.15. The third-order valence-electron chi connectivity index (χ3n) is 2.82. The first-order valence-electron chi connectivity index (χ1n) is 6.56. The summed E-state index contributed by atoms with van der Waals surface area (Å²) < 4.78 is 0. The number of hydrogen-bond acceptors (Lipinski definition) is 3. The Morgan fingerprint density at radius 3 is 2.68 bits per heavy atom. The van der Waals surface area contributed by atoms with Gasteiger partial charge < -0.3 is 10.0 Å². The molecule has 1 N–H and O–H groups in total. The molecule has 0 aliphatic rings. The number of amides is 1. The third kappa shape index (κ3) is 5.50. The number of pyridine rings is 1. The van der Waals surface area contributed by atoms with E-state index >= 15 is 0 Å². The predicted molar refractivity (Wildman–Crippen MR) is 71.9 cm³/mol. The highest BCUT2D eigenvalue weighted by molar-refractivity contribution is 5.94. The molecule has 0 fully saturated rings. The van der Waals surface area contributed by atoms with Crippen LogP contribution in [0.2, 0.25) is 0 Å². The van der Waals surface area contributed by atoms with Crippen molar-refractivity contribution in [1.29, 1.82) is 0 Å². The molecular weight excluding hydrogens is 244 g/mol.